The molecule has 2 heterocycles. The number of rotatable bonds is 4. The highest BCUT2D eigenvalue weighted by atomic mass is 16.6. The lowest BCUT2D eigenvalue weighted by atomic mass is 10.0. The van der Waals surface area contributed by atoms with Gasteiger partial charge in [-0.3, -0.25) is 4.68 Å². The molecule has 6 nitrogen and oxygen atoms in total. The van der Waals surface area contributed by atoms with Crippen LogP contribution in [-0.4, -0.2) is 46.5 Å². The van der Waals surface area contributed by atoms with E-state index in [1.165, 1.54) is 5.56 Å². The molecule has 1 unspecified atom stereocenters. The number of carbonyl (C=O) groups is 1. The minimum absolute atomic E-state index is 0.188. The monoisotopic (exact) mass is 294 g/mol. The van der Waals surface area contributed by atoms with E-state index in [0.717, 1.165) is 31.6 Å². The van der Waals surface area contributed by atoms with E-state index in [1.807, 2.05) is 25.6 Å². The zero-order valence-corrected chi connectivity index (χ0v) is 13.4. The molecular formula is C15H26N4O2. The van der Waals surface area contributed by atoms with Gasteiger partial charge in [-0.25, -0.2) is 4.79 Å². The molecule has 1 aromatic rings. The van der Waals surface area contributed by atoms with Crippen LogP contribution < -0.4 is 5.32 Å². The predicted octanol–water partition coefficient (Wildman–Crippen LogP) is 2.00. The summed E-state index contributed by atoms with van der Waals surface area (Å²) in [7, 11) is 1.95. The van der Waals surface area contributed by atoms with Crippen LogP contribution in [0.1, 0.15) is 44.0 Å². The Morgan fingerprint density at radius 1 is 1.52 bits per heavy atom. The first-order chi connectivity index (χ1) is 10.0. The molecule has 1 aromatic heterocycles. The van der Waals surface area contributed by atoms with Gasteiger partial charge in [0, 0.05) is 44.0 Å². The summed E-state index contributed by atoms with van der Waals surface area (Å²) in [5.41, 5.74) is 2.31. The molecule has 0 bridgehead atoms. The summed E-state index contributed by atoms with van der Waals surface area (Å²) in [4.78, 5) is 13.5. The van der Waals surface area contributed by atoms with Crippen LogP contribution in [0.3, 0.4) is 0 Å². The van der Waals surface area contributed by atoms with Gasteiger partial charge in [0.2, 0.25) is 0 Å². The van der Waals surface area contributed by atoms with Gasteiger partial charge in [0.15, 0.2) is 0 Å². The number of ether oxygens (including phenoxy) is 1. The first-order valence-electron chi connectivity index (χ1n) is 7.69. The van der Waals surface area contributed by atoms with Crippen LogP contribution in [0.5, 0.6) is 0 Å². The maximum atomic E-state index is 11.7. The number of hydrogen-bond donors (Lipinski definition) is 1. The zero-order chi connectivity index (χ0) is 15.4. The molecule has 0 aromatic carbocycles. The molecule has 1 aliphatic heterocycles. The molecule has 2 rings (SSSR count). The molecule has 1 N–H and O–H groups in total. The average Bonchev–Trinajstić information content (AvgIpc) is 2.79. The molecule has 118 valence electrons. The molecule has 21 heavy (non-hydrogen) atoms. The van der Waals surface area contributed by atoms with Crippen LogP contribution in [-0.2, 0) is 11.8 Å². The van der Waals surface area contributed by atoms with E-state index in [0.29, 0.717) is 12.6 Å². The van der Waals surface area contributed by atoms with Crippen LogP contribution >= 0.6 is 0 Å². The van der Waals surface area contributed by atoms with Gasteiger partial charge in [0.05, 0.1) is 12.3 Å². The molecule has 0 aliphatic carbocycles. The zero-order valence-electron chi connectivity index (χ0n) is 13.4. The molecule has 1 aliphatic rings. The van der Waals surface area contributed by atoms with Crippen LogP contribution in [0, 0.1) is 6.92 Å². The van der Waals surface area contributed by atoms with Crippen molar-refractivity contribution in [1.82, 2.24) is 20.0 Å². The molecule has 0 saturated carbocycles. The lowest BCUT2D eigenvalue weighted by Gasteiger charge is -2.33. The van der Waals surface area contributed by atoms with E-state index < -0.39 is 0 Å². The van der Waals surface area contributed by atoms with Gasteiger partial charge in [-0.15, -0.1) is 0 Å². The minimum Gasteiger partial charge on any atom is -0.450 e. The van der Waals surface area contributed by atoms with Crippen molar-refractivity contribution in [3.8, 4) is 0 Å². The highest BCUT2D eigenvalue weighted by Crippen LogP contribution is 2.19. The second-order valence-electron chi connectivity index (χ2n) is 5.69. The number of carbonyl (C=O) groups excluding carboxylic acids is 1. The highest BCUT2D eigenvalue weighted by molar-refractivity contribution is 5.67. The van der Waals surface area contributed by atoms with E-state index in [-0.39, 0.29) is 12.1 Å². The van der Waals surface area contributed by atoms with E-state index in [4.69, 9.17) is 4.74 Å². The van der Waals surface area contributed by atoms with Crippen molar-refractivity contribution in [2.24, 2.45) is 7.05 Å². The van der Waals surface area contributed by atoms with Gasteiger partial charge >= 0.3 is 6.09 Å². The smallest absolute Gasteiger partial charge is 0.409 e. The standard InChI is InChI=1S/C15H26N4O2/c1-5-21-15(20)19-8-6-13(7-9-19)16-11(2)14-10-18(4)17-12(14)3/h10-11,13,16H,5-9H2,1-4H3. The van der Waals surface area contributed by atoms with E-state index in [2.05, 4.69) is 23.5 Å². The molecule has 6 heteroatoms. The summed E-state index contributed by atoms with van der Waals surface area (Å²) in [6.07, 6.45) is 3.80. The van der Waals surface area contributed by atoms with Crippen molar-refractivity contribution in [3.05, 3.63) is 17.5 Å². The number of amides is 1. The van der Waals surface area contributed by atoms with E-state index >= 15 is 0 Å². The molecule has 1 fully saturated rings. The molecule has 1 saturated heterocycles. The SMILES string of the molecule is CCOC(=O)N1CCC(NC(C)c2cn(C)nc2C)CC1. The number of hydrogen-bond acceptors (Lipinski definition) is 4. The fourth-order valence-corrected chi connectivity index (χ4v) is 2.93. The van der Waals surface area contributed by atoms with Gasteiger partial charge in [0.25, 0.3) is 0 Å². The van der Waals surface area contributed by atoms with Crippen molar-refractivity contribution in [2.75, 3.05) is 19.7 Å². The van der Waals surface area contributed by atoms with Crippen molar-refractivity contribution < 1.29 is 9.53 Å². The van der Waals surface area contributed by atoms with Gasteiger partial charge in [0.1, 0.15) is 0 Å². The third kappa shape index (κ3) is 3.97. The highest BCUT2D eigenvalue weighted by Gasteiger charge is 2.25. The van der Waals surface area contributed by atoms with Crippen molar-refractivity contribution >= 4 is 6.09 Å². The van der Waals surface area contributed by atoms with Crippen molar-refractivity contribution in [2.45, 2.75) is 45.7 Å². The number of nitrogens with one attached hydrogen (secondary N) is 1. The molecule has 0 radical (unpaired) electrons. The van der Waals surface area contributed by atoms with E-state index in [9.17, 15) is 4.79 Å². The third-order valence-corrected chi connectivity index (χ3v) is 4.02. The molecule has 0 spiro atoms. The predicted molar refractivity (Wildman–Crippen MR) is 81.1 cm³/mol. The van der Waals surface area contributed by atoms with Crippen LogP contribution in [0.25, 0.3) is 0 Å². The number of likely N-dealkylation sites (tertiary alicyclic amines) is 1. The first-order valence-corrected chi connectivity index (χ1v) is 7.69. The number of aromatic nitrogens is 2. The Morgan fingerprint density at radius 3 is 2.71 bits per heavy atom. The summed E-state index contributed by atoms with van der Waals surface area (Å²) in [6.45, 7) is 8.00. The van der Waals surface area contributed by atoms with Crippen LogP contribution in [0.4, 0.5) is 4.79 Å². The number of nitrogens with zero attached hydrogens (tertiary/aromatic N) is 3. The fourth-order valence-electron chi connectivity index (χ4n) is 2.93. The van der Waals surface area contributed by atoms with Crippen molar-refractivity contribution in [3.63, 3.8) is 0 Å². The minimum atomic E-state index is -0.188. The van der Waals surface area contributed by atoms with Gasteiger partial charge in [-0.2, -0.15) is 5.10 Å². The Kier molecular flexibility index (Phi) is 5.22. The summed E-state index contributed by atoms with van der Waals surface area (Å²) in [5.74, 6) is 0. The Labute approximate surface area is 126 Å². The second kappa shape index (κ2) is 6.93. The first kappa shape index (κ1) is 15.8. The topological polar surface area (TPSA) is 59.4 Å². The number of piperidine rings is 1. The molecule has 1 atom stereocenters. The summed E-state index contributed by atoms with van der Waals surface area (Å²) >= 11 is 0. The largest absolute Gasteiger partial charge is 0.450 e. The Hall–Kier alpha value is -1.56. The second-order valence-corrected chi connectivity index (χ2v) is 5.69. The maximum absolute atomic E-state index is 11.7. The van der Waals surface area contributed by atoms with Gasteiger partial charge < -0.3 is 15.0 Å². The Bertz CT molecular complexity index is 478. The van der Waals surface area contributed by atoms with Crippen LogP contribution in [0.2, 0.25) is 0 Å². The van der Waals surface area contributed by atoms with Gasteiger partial charge in [-0.05, 0) is 33.6 Å². The van der Waals surface area contributed by atoms with Crippen LogP contribution in [0.15, 0.2) is 6.20 Å². The van der Waals surface area contributed by atoms with Gasteiger partial charge in [-0.1, -0.05) is 0 Å². The number of aryl methyl sites for hydroxylation is 2. The lowest BCUT2D eigenvalue weighted by Crippen LogP contribution is -2.45. The quantitative estimate of drug-likeness (QED) is 0.922. The normalized spacial score (nSPS) is 17.8. The molecular weight excluding hydrogens is 268 g/mol. The van der Waals surface area contributed by atoms with E-state index in [1.54, 1.807) is 4.90 Å². The van der Waals surface area contributed by atoms with Crippen molar-refractivity contribution in [1.29, 1.82) is 0 Å². The fraction of sp³-hybridized carbons (Fsp3) is 0.733. The lowest BCUT2D eigenvalue weighted by molar-refractivity contribution is 0.0943. The maximum Gasteiger partial charge on any atom is 0.409 e. The summed E-state index contributed by atoms with van der Waals surface area (Å²) in [5, 5.41) is 8.04. The molecule has 1 amide bonds. The summed E-state index contributed by atoms with van der Waals surface area (Å²) in [6, 6.07) is 0.711. The Balaban J connectivity index is 1.83. The Morgan fingerprint density at radius 2 is 2.19 bits per heavy atom. The summed E-state index contributed by atoms with van der Waals surface area (Å²) < 4.78 is 6.89. The average molecular weight is 294 g/mol. The third-order valence-electron chi connectivity index (χ3n) is 4.02.